The maximum absolute atomic E-state index is 11.8. The lowest BCUT2D eigenvalue weighted by Crippen LogP contribution is -2.06. The van der Waals surface area contributed by atoms with Crippen LogP contribution in [0.1, 0.15) is 23.6 Å². The Kier molecular flexibility index (Phi) is 4.11. The second-order valence-electron chi connectivity index (χ2n) is 5.32. The molecule has 0 fully saturated rings. The van der Waals surface area contributed by atoms with Gasteiger partial charge in [-0.1, -0.05) is 19.1 Å². The van der Waals surface area contributed by atoms with E-state index in [-0.39, 0.29) is 5.63 Å². The van der Waals surface area contributed by atoms with Crippen LogP contribution in [0.15, 0.2) is 57.7 Å². The van der Waals surface area contributed by atoms with Crippen LogP contribution in [0.4, 0.5) is 5.69 Å². The molecule has 0 bridgehead atoms. The predicted octanol–water partition coefficient (Wildman–Crippen LogP) is 3.84. The van der Waals surface area contributed by atoms with Crippen molar-refractivity contribution in [2.45, 2.75) is 19.9 Å². The molecule has 4 heteroatoms. The van der Waals surface area contributed by atoms with Crippen molar-refractivity contribution in [2.24, 2.45) is 0 Å². The Morgan fingerprint density at radius 1 is 1.13 bits per heavy atom. The highest BCUT2D eigenvalue weighted by atomic mass is 16.4. The van der Waals surface area contributed by atoms with Gasteiger partial charge in [-0.25, -0.2) is 4.79 Å². The number of nitrogens with one attached hydrogen (secondary N) is 1. The van der Waals surface area contributed by atoms with Gasteiger partial charge in [0, 0.05) is 23.7 Å². The Bertz CT molecular complexity index is 934. The summed E-state index contributed by atoms with van der Waals surface area (Å²) in [5.41, 5.74) is 3.82. The number of aryl methyl sites for hydroxylation is 1. The van der Waals surface area contributed by atoms with Crippen molar-refractivity contribution < 1.29 is 4.42 Å². The monoisotopic (exact) mass is 304 g/mol. The molecule has 0 amide bonds. The lowest BCUT2D eigenvalue weighted by atomic mass is 10.1. The fourth-order valence-corrected chi connectivity index (χ4v) is 2.50. The van der Waals surface area contributed by atoms with Gasteiger partial charge >= 0.3 is 5.63 Å². The second-order valence-corrected chi connectivity index (χ2v) is 5.32. The van der Waals surface area contributed by atoms with E-state index in [4.69, 9.17) is 9.68 Å². The van der Waals surface area contributed by atoms with Gasteiger partial charge in [0.05, 0.1) is 11.6 Å². The molecule has 0 spiro atoms. The predicted molar refractivity (Wildman–Crippen MR) is 90.3 cm³/mol. The first-order valence-corrected chi connectivity index (χ1v) is 7.49. The van der Waals surface area contributed by atoms with Crippen LogP contribution in [0.2, 0.25) is 0 Å². The summed E-state index contributed by atoms with van der Waals surface area (Å²) in [6, 6.07) is 16.8. The number of benzene rings is 2. The molecule has 114 valence electrons. The highest BCUT2D eigenvalue weighted by Gasteiger charge is 2.06. The molecule has 0 unspecified atom stereocenters. The van der Waals surface area contributed by atoms with Gasteiger partial charge in [-0.15, -0.1) is 0 Å². The minimum absolute atomic E-state index is 0.345. The topological polar surface area (TPSA) is 66.0 Å². The standard InChI is InChI=1S/C19H16N2O2/c1-2-13-5-8-17-15(10-19(22)23-18(17)9-13)12-21-16-6-3-14(11-20)4-7-16/h3-10,21H,2,12H2,1H3. The van der Waals surface area contributed by atoms with Crippen LogP contribution < -0.4 is 10.9 Å². The van der Waals surface area contributed by atoms with Crippen LogP contribution >= 0.6 is 0 Å². The zero-order chi connectivity index (χ0) is 16.2. The summed E-state index contributed by atoms with van der Waals surface area (Å²) in [6.45, 7) is 2.58. The minimum Gasteiger partial charge on any atom is -0.423 e. The SMILES string of the molecule is CCc1ccc2c(CNc3ccc(C#N)cc3)cc(=O)oc2c1. The molecular weight excluding hydrogens is 288 g/mol. The van der Waals surface area contributed by atoms with E-state index in [1.807, 2.05) is 30.3 Å². The Labute approximate surface area is 134 Å². The number of rotatable bonds is 4. The maximum atomic E-state index is 11.8. The highest BCUT2D eigenvalue weighted by molar-refractivity contribution is 5.81. The van der Waals surface area contributed by atoms with Crippen molar-refractivity contribution in [3.05, 3.63) is 75.6 Å². The summed E-state index contributed by atoms with van der Waals surface area (Å²) in [4.78, 5) is 11.8. The summed E-state index contributed by atoms with van der Waals surface area (Å²) in [5, 5.41) is 13.0. The molecule has 4 nitrogen and oxygen atoms in total. The number of anilines is 1. The lowest BCUT2D eigenvalue weighted by molar-refractivity contribution is 0.559. The molecule has 23 heavy (non-hydrogen) atoms. The van der Waals surface area contributed by atoms with Crippen molar-refractivity contribution in [1.82, 2.24) is 0 Å². The summed E-state index contributed by atoms with van der Waals surface area (Å²) in [7, 11) is 0. The fraction of sp³-hybridized carbons (Fsp3) is 0.158. The number of hydrogen-bond acceptors (Lipinski definition) is 4. The van der Waals surface area contributed by atoms with Gasteiger partial charge in [-0.2, -0.15) is 5.26 Å². The van der Waals surface area contributed by atoms with Crippen LogP contribution in [0.25, 0.3) is 11.0 Å². The van der Waals surface area contributed by atoms with Gasteiger partial charge in [0.25, 0.3) is 0 Å². The van der Waals surface area contributed by atoms with Crippen LogP contribution in [0, 0.1) is 11.3 Å². The van der Waals surface area contributed by atoms with E-state index in [1.165, 1.54) is 6.07 Å². The fourth-order valence-electron chi connectivity index (χ4n) is 2.50. The van der Waals surface area contributed by atoms with E-state index >= 15 is 0 Å². The second kappa shape index (κ2) is 6.37. The Morgan fingerprint density at radius 2 is 1.91 bits per heavy atom. The average molecular weight is 304 g/mol. The average Bonchev–Trinajstić information content (AvgIpc) is 2.59. The Hall–Kier alpha value is -3.06. The van der Waals surface area contributed by atoms with Crippen LogP contribution in [-0.4, -0.2) is 0 Å². The Morgan fingerprint density at radius 3 is 2.61 bits per heavy atom. The van der Waals surface area contributed by atoms with Gasteiger partial charge in [-0.05, 0) is 47.9 Å². The van der Waals surface area contributed by atoms with Gasteiger partial charge in [0.15, 0.2) is 0 Å². The third kappa shape index (κ3) is 3.24. The van der Waals surface area contributed by atoms with E-state index in [9.17, 15) is 4.79 Å². The number of fused-ring (bicyclic) bond motifs is 1. The van der Waals surface area contributed by atoms with E-state index in [1.54, 1.807) is 12.1 Å². The normalized spacial score (nSPS) is 10.4. The summed E-state index contributed by atoms with van der Waals surface area (Å²) in [6.07, 6.45) is 0.896. The van der Waals surface area contributed by atoms with Gasteiger partial charge in [0.2, 0.25) is 0 Å². The molecule has 0 aliphatic rings. The summed E-state index contributed by atoms with van der Waals surface area (Å²) >= 11 is 0. The van der Waals surface area contributed by atoms with Gasteiger partial charge in [0.1, 0.15) is 5.58 Å². The molecular formula is C19H16N2O2. The highest BCUT2D eigenvalue weighted by Crippen LogP contribution is 2.20. The molecule has 1 N–H and O–H groups in total. The number of nitriles is 1. The van der Waals surface area contributed by atoms with Crippen LogP contribution in [0.5, 0.6) is 0 Å². The van der Waals surface area contributed by atoms with Crippen molar-refractivity contribution >= 4 is 16.7 Å². The third-order valence-electron chi connectivity index (χ3n) is 3.80. The van der Waals surface area contributed by atoms with Crippen molar-refractivity contribution in [3.63, 3.8) is 0 Å². The number of nitrogens with zero attached hydrogens (tertiary/aromatic N) is 1. The van der Waals surface area contributed by atoms with Crippen molar-refractivity contribution in [1.29, 1.82) is 5.26 Å². The molecule has 0 saturated heterocycles. The number of hydrogen-bond donors (Lipinski definition) is 1. The first-order valence-electron chi connectivity index (χ1n) is 7.49. The van der Waals surface area contributed by atoms with Crippen LogP contribution in [-0.2, 0) is 13.0 Å². The first kappa shape index (κ1) is 14.9. The molecule has 2 aromatic carbocycles. The van der Waals surface area contributed by atoms with E-state index in [0.29, 0.717) is 17.7 Å². The van der Waals surface area contributed by atoms with Gasteiger partial charge in [-0.3, -0.25) is 0 Å². The maximum Gasteiger partial charge on any atom is 0.336 e. The molecule has 1 aromatic heterocycles. The van der Waals surface area contributed by atoms with E-state index in [0.717, 1.165) is 28.6 Å². The summed E-state index contributed by atoms with van der Waals surface area (Å²) in [5.74, 6) is 0. The largest absolute Gasteiger partial charge is 0.423 e. The lowest BCUT2D eigenvalue weighted by Gasteiger charge is -2.09. The molecule has 1 heterocycles. The first-order chi connectivity index (χ1) is 11.2. The molecule has 0 aliphatic heterocycles. The minimum atomic E-state index is -0.345. The third-order valence-corrected chi connectivity index (χ3v) is 3.80. The van der Waals surface area contributed by atoms with Crippen molar-refractivity contribution in [3.8, 4) is 6.07 Å². The smallest absolute Gasteiger partial charge is 0.336 e. The summed E-state index contributed by atoms with van der Waals surface area (Å²) < 4.78 is 5.31. The zero-order valence-corrected chi connectivity index (χ0v) is 12.8. The molecule has 0 radical (unpaired) electrons. The van der Waals surface area contributed by atoms with Crippen LogP contribution in [0.3, 0.4) is 0 Å². The zero-order valence-electron chi connectivity index (χ0n) is 12.8. The molecule has 3 rings (SSSR count). The Balaban J connectivity index is 1.89. The van der Waals surface area contributed by atoms with Gasteiger partial charge < -0.3 is 9.73 Å². The van der Waals surface area contributed by atoms with Crippen molar-refractivity contribution in [2.75, 3.05) is 5.32 Å². The molecule has 0 saturated carbocycles. The van der Waals surface area contributed by atoms with E-state index in [2.05, 4.69) is 18.3 Å². The molecule has 0 atom stereocenters. The van der Waals surface area contributed by atoms with E-state index < -0.39 is 0 Å². The molecule has 3 aromatic rings. The molecule has 0 aliphatic carbocycles. The quantitative estimate of drug-likeness (QED) is 0.744.